The van der Waals surface area contributed by atoms with Gasteiger partial charge < -0.3 is 59.1 Å². The number of rotatable bonds is 18. The van der Waals surface area contributed by atoms with Gasteiger partial charge in [0.1, 0.15) is 0 Å². The normalized spacial score (nSPS) is 15.0. The van der Waals surface area contributed by atoms with Gasteiger partial charge in [-0.05, 0) is 163 Å². The lowest BCUT2D eigenvalue weighted by molar-refractivity contribution is -0.0493. The average molecular weight is 893 g/mol. The third kappa shape index (κ3) is 87.2. The van der Waals surface area contributed by atoms with Crippen molar-refractivity contribution in [1.82, 2.24) is 0 Å². The number of aliphatic hydroxyl groups excluding tert-OH is 6. The topological polar surface area (TPSA) is 177 Å². The van der Waals surface area contributed by atoms with Crippen molar-refractivity contribution in [2.24, 2.45) is 0 Å². The molecule has 0 saturated heterocycles. The Morgan fingerprint density at radius 1 is 0.246 bits per heavy atom. The average Bonchev–Trinajstić information content (AvgIpc) is 3.11. The van der Waals surface area contributed by atoms with Crippen LogP contribution in [0.4, 0.5) is 0 Å². The first-order valence-corrected chi connectivity index (χ1v) is 22.6. The fraction of sp³-hybridized carbons (Fsp3) is 1.00. The van der Waals surface area contributed by atoms with E-state index in [4.69, 9.17) is 59.1 Å². The zero-order chi connectivity index (χ0) is 49.2. The highest BCUT2D eigenvalue weighted by molar-refractivity contribution is 4.64. The van der Waals surface area contributed by atoms with Crippen molar-refractivity contribution in [1.29, 1.82) is 0 Å². The Hall–Kier alpha value is -0.480. The van der Waals surface area contributed by atoms with Crippen molar-refractivity contribution in [2.45, 2.75) is 282 Å². The Bertz CT molecular complexity index is 689. The van der Waals surface area contributed by atoms with Gasteiger partial charge in [0.05, 0.1) is 110 Å². The summed E-state index contributed by atoms with van der Waals surface area (Å²) in [6.07, 6.45) is 2.72. The van der Waals surface area contributed by atoms with E-state index in [1.807, 2.05) is 166 Å². The van der Waals surface area contributed by atoms with Crippen LogP contribution in [0.5, 0.6) is 0 Å². The zero-order valence-corrected chi connectivity index (χ0v) is 44.1. The quantitative estimate of drug-likeness (QED) is 0.0769. The van der Waals surface area contributed by atoms with E-state index in [0.717, 1.165) is 38.5 Å². The van der Waals surface area contributed by atoms with Crippen LogP contribution in [0.25, 0.3) is 0 Å². The SMILES string of the molecule is C.CCC(O)COC(C)(C)C.CCC(O)COC(C)(C)C.CC[C@@H](O)COC(C)(C)C.CC[C@@H](O)COC(C)(C)C.CC[C@H](O)COC(C)(C)C.CC[C@H](O)COC(C)(C)C. The summed E-state index contributed by atoms with van der Waals surface area (Å²) in [5.74, 6) is 0. The smallest absolute Gasteiger partial charge is 0.0771 e. The Balaban J connectivity index is -0.000000114. The minimum absolute atomic E-state index is 0. The minimum Gasteiger partial charge on any atom is -0.391 e. The maximum atomic E-state index is 9.10. The van der Waals surface area contributed by atoms with Gasteiger partial charge in [0, 0.05) is 0 Å². The highest BCUT2D eigenvalue weighted by Crippen LogP contribution is 2.11. The van der Waals surface area contributed by atoms with E-state index in [9.17, 15) is 0 Å². The molecule has 61 heavy (non-hydrogen) atoms. The van der Waals surface area contributed by atoms with Crippen LogP contribution in [0.3, 0.4) is 0 Å². The van der Waals surface area contributed by atoms with E-state index in [2.05, 4.69) is 0 Å². The van der Waals surface area contributed by atoms with Gasteiger partial charge >= 0.3 is 0 Å². The monoisotopic (exact) mass is 893 g/mol. The molecule has 6 N–H and O–H groups in total. The molecule has 12 heteroatoms. The molecule has 0 radical (unpaired) electrons. The predicted octanol–water partition coefficient (Wildman–Crippen LogP) is 10.1. The predicted molar refractivity (Wildman–Crippen MR) is 259 cm³/mol. The van der Waals surface area contributed by atoms with Gasteiger partial charge in [0.15, 0.2) is 0 Å². The van der Waals surface area contributed by atoms with E-state index in [-0.39, 0.29) is 77.7 Å². The van der Waals surface area contributed by atoms with Crippen LogP contribution < -0.4 is 0 Å². The standard InChI is InChI=1S/6C8H18O2.CH4/c6*1-5-7(9)6-10-8(2,3)4;/h6*7,9H,5-6H2,1-4H3;1H4/t4*7-;;;/m1100.../s1. The minimum atomic E-state index is -0.306. The molecule has 0 aliphatic carbocycles. The van der Waals surface area contributed by atoms with Crippen LogP contribution in [0, 0.1) is 0 Å². The van der Waals surface area contributed by atoms with Crippen molar-refractivity contribution in [2.75, 3.05) is 39.6 Å². The molecule has 0 rings (SSSR count). The van der Waals surface area contributed by atoms with Crippen LogP contribution in [0.2, 0.25) is 0 Å². The summed E-state index contributed by atoms with van der Waals surface area (Å²) in [6.45, 7) is 50.0. The Morgan fingerprint density at radius 2 is 0.328 bits per heavy atom. The summed E-state index contributed by atoms with van der Waals surface area (Å²) in [6, 6.07) is 0. The summed E-state index contributed by atoms with van der Waals surface area (Å²) >= 11 is 0. The van der Waals surface area contributed by atoms with E-state index in [1.54, 1.807) is 0 Å². The molecule has 0 fully saturated rings. The van der Waals surface area contributed by atoms with Gasteiger partial charge in [-0.25, -0.2) is 0 Å². The van der Waals surface area contributed by atoms with Gasteiger partial charge in [-0.1, -0.05) is 49.0 Å². The van der Waals surface area contributed by atoms with Crippen LogP contribution in [-0.2, 0) is 28.4 Å². The van der Waals surface area contributed by atoms with Crippen LogP contribution >= 0.6 is 0 Å². The summed E-state index contributed by atoms with van der Waals surface area (Å²) < 4.78 is 32.0. The number of aliphatic hydroxyl groups is 6. The molecule has 0 aromatic carbocycles. The molecule has 0 aliphatic heterocycles. The summed E-state index contributed by atoms with van der Waals surface area (Å²) in [4.78, 5) is 0. The molecular formula is C49H112O12. The first-order chi connectivity index (χ1) is 26.7. The second-order valence-corrected chi connectivity index (χ2v) is 20.9. The second-order valence-electron chi connectivity index (χ2n) is 20.9. The largest absolute Gasteiger partial charge is 0.391 e. The molecular weight excluding hydrogens is 781 g/mol. The van der Waals surface area contributed by atoms with Crippen molar-refractivity contribution in [3.8, 4) is 0 Å². The van der Waals surface area contributed by atoms with Crippen LogP contribution in [-0.4, -0.2) is 141 Å². The number of hydrogen-bond acceptors (Lipinski definition) is 12. The number of ether oxygens (including phenoxy) is 6. The Labute approximate surface area is 380 Å². The second kappa shape index (κ2) is 39.8. The number of hydrogen-bond donors (Lipinski definition) is 6. The third-order valence-corrected chi connectivity index (χ3v) is 7.08. The van der Waals surface area contributed by atoms with Gasteiger partial charge in [-0.15, -0.1) is 0 Å². The van der Waals surface area contributed by atoms with Crippen LogP contribution in [0.1, 0.15) is 212 Å². The maximum absolute atomic E-state index is 9.10. The van der Waals surface area contributed by atoms with E-state index >= 15 is 0 Å². The van der Waals surface area contributed by atoms with Gasteiger partial charge in [0.2, 0.25) is 0 Å². The molecule has 0 amide bonds. The third-order valence-electron chi connectivity index (χ3n) is 7.08. The Kier molecular flexibility index (Phi) is 48.9. The molecule has 0 spiro atoms. The summed E-state index contributed by atoms with van der Waals surface area (Å²) in [7, 11) is 0. The lowest BCUT2D eigenvalue weighted by Gasteiger charge is -2.21. The fourth-order valence-electron chi connectivity index (χ4n) is 2.78. The first kappa shape index (κ1) is 74.9. The van der Waals surface area contributed by atoms with Gasteiger partial charge in [-0.3, -0.25) is 0 Å². The van der Waals surface area contributed by atoms with E-state index in [1.165, 1.54) is 0 Å². The molecule has 0 aliphatic rings. The highest BCUT2D eigenvalue weighted by Gasteiger charge is 2.15. The molecule has 2 unspecified atom stereocenters. The van der Waals surface area contributed by atoms with Crippen molar-refractivity contribution < 1.29 is 59.1 Å². The van der Waals surface area contributed by atoms with E-state index in [0.29, 0.717) is 39.6 Å². The molecule has 0 heterocycles. The molecule has 0 bridgehead atoms. The highest BCUT2D eigenvalue weighted by atomic mass is 16.5. The molecule has 0 aromatic heterocycles. The zero-order valence-electron chi connectivity index (χ0n) is 44.1. The fourth-order valence-corrected chi connectivity index (χ4v) is 2.78. The Morgan fingerprint density at radius 3 is 0.377 bits per heavy atom. The van der Waals surface area contributed by atoms with Crippen molar-refractivity contribution in [3.05, 3.63) is 0 Å². The van der Waals surface area contributed by atoms with Gasteiger partial charge in [-0.2, -0.15) is 0 Å². The summed E-state index contributed by atoms with van der Waals surface area (Å²) in [5, 5.41) is 54.6. The molecule has 0 saturated carbocycles. The molecule has 0 aromatic rings. The molecule has 6 atom stereocenters. The summed E-state index contributed by atoms with van der Waals surface area (Å²) in [5.41, 5.74) is -0.773. The molecule has 380 valence electrons. The lowest BCUT2D eigenvalue weighted by atomic mass is 10.2. The van der Waals surface area contributed by atoms with Gasteiger partial charge in [0.25, 0.3) is 0 Å². The van der Waals surface area contributed by atoms with Crippen molar-refractivity contribution >= 4 is 0 Å². The maximum Gasteiger partial charge on any atom is 0.0771 e. The first-order valence-electron chi connectivity index (χ1n) is 22.6. The van der Waals surface area contributed by atoms with Crippen LogP contribution in [0.15, 0.2) is 0 Å². The van der Waals surface area contributed by atoms with Crippen molar-refractivity contribution in [3.63, 3.8) is 0 Å². The van der Waals surface area contributed by atoms with E-state index < -0.39 is 0 Å². The lowest BCUT2D eigenvalue weighted by Crippen LogP contribution is -2.25. The molecule has 12 nitrogen and oxygen atoms in total.